The van der Waals surface area contributed by atoms with E-state index in [0.717, 1.165) is 12.2 Å². The van der Waals surface area contributed by atoms with Crippen molar-refractivity contribution in [2.75, 3.05) is 32.2 Å². The molecule has 0 unspecified atom stereocenters. The summed E-state index contributed by atoms with van der Waals surface area (Å²) in [6.45, 7) is 0.952. The molecule has 1 aromatic rings. The first-order valence-corrected chi connectivity index (χ1v) is 7.25. The van der Waals surface area contributed by atoms with Crippen LogP contribution >= 0.6 is 11.8 Å². The Morgan fingerprint density at radius 1 is 1.56 bits per heavy atom. The number of nitrogens with zero attached hydrogens (tertiary/aromatic N) is 2. The van der Waals surface area contributed by atoms with E-state index >= 15 is 0 Å². The minimum absolute atomic E-state index is 0.0651. The van der Waals surface area contributed by atoms with Crippen molar-refractivity contribution in [3.8, 4) is 0 Å². The lowest BCUT2D eigenvalue weighted by molar-refractivity contribution is 0.0822. The van der Waals surface area contributed by atoms with Crippen molar-refractivity contribution in [3.63, 3.8) is 0 Å². The van der Waals surface area contributed by atoms with Gasteiger partial charge in [-0.1, -0.05) is 0 Å². The molecule has 1 aromatic heterocycles. The second-order valence-electron chi connectivity index (χ2n) is 4.87. The molecule has 0 saturated heterocycles. The lowest BCUT2D eigenvalue weighted by Crippen LogP contribution is -2.23. The van der Waals surface area contributed by atoms with Crippen LogP contribution in [0.3, 0.4) is 0 Å². The molecule has 1 saturated carbocycles. The molecule has 0 spiro atoms. The molecule has 1 heterocycles. The normalized spacial score (nSPS) is 16.2. The van der Waals surface area contributed by atoms with E-state index in [4.69, 9.17) is 0 Å². The third-order valence-corrected chi connectivity index (χ3v) is 4.66. The molecule has 1 amide bonds. The van der Waals surface area contributed by atoms with E-state index in [-0.39, 0.29) is 5.91 Å². The number of thioether (sulfide) groups is 1. The molecular weight excluding hydrogens is 246 g/mol. The summed E-state index contributed by atoms with van der Waals surface area (Å²) in [7, 11) is 3.47. The van der Waals surface area contributed by atoms with Crippen LogP contribution in [0.5, 0.6) is 0 Å². The topological polar surface area (TPSA) is 45.2 Å². The van der Waals surface area contributed by atoms with Crippen LogP contribution in [0.15, 0.2) is 18.3 Å². The number of rotatable bonds is 5. The highest BCUT2D eigenvalue weighted by Crippen LogP contribution is 2.46. The Balaban J connectivity index is 2.01. The Kier molecular flexibility index (Phi) is 3.80. The molecule has 0 aliphatic heterocycles. The maximum atomic E-state index is 11.8. The molecule has 1 N–H and O–H groups in total. The molecule has 0 atom stereocenters. The smallest absolute Gasteiger partial charge is 0.272 e. The lowest BCUT2D eigenvalue weighted by Gasteiger charge is -2.15. The Morgan fingerprint density at radius 3 is 2.83 bits per heavy atom. The van der Waals surface area contributed by atoms with E-state index < -0.39 is 0 Å². The number of nitrogens with one attached hydrogen (secondary N) is 1. The first-order valence-electron chi connectivity index (χ1n) is 6.03. The molecule has 0 radical (unpaired) electrons. The van der Waals surface area contributed by atoms with Crippen LogP contribution < -0.4 is 5.32 Å². The minimum Gasteiger partial charge on any atom is -0.384 e. The highest BCUT2D eigenvalue weighted by molar-refractivity contribution is 8.00. The average Bonchev–Trinajstić information content (AvgIpc) is 3.16. The summed E-state index contributed by atoms with van der Waals surface area (Å²) in [6.07, 6.45) is 6.38. The fraction of sp³-hybridized carbons (Fsp3) is 0.538. The summed E-state index contributed by atoms with van der Waals surface area (Å²) < 4.78 is 0.412. The van der Waals surface area contributed by atoms with Crippen LogP contribution in [0.25, 0.3) is 0 Å². The van der Waals surface area contributed by atoms with Crippen LogP contribution in [0.1, 0.15) is 23.3 Å². The first-order chi connectivity index (χ1) is 8.56. The molecule has 5 heteroatoms. The van der Waals surface area contributed by atoms with Crippen LogP contribution in [0.2, 0.25) is 0 Å². The lowest BCUT2D eigenvalue weighted by atomic mass is 10.3. The van der Waals surface area contributed by atoms with Crippen LogP contribution in [0.4, 0.5) is 5.69 Å². The van der Waals surface area contributed by atoms with E-state index in [2.05, 4.69) is 16.6 Å². The van der Waals surface area contributed by atoms with Gasteiger partial charge < -0.3 is 10.2 Å². The second-order valence-corrected chi connectivity index (χ2v) is 6.14. The van der Waals surface area contributed by atoms with E-state index in [1.54, 1.807) is 20.3 Å². The van der Waals surface area contributed by atoms with Crippen molar-refractivity contribution in [2.24, 2.45) is 0 Å². The molecule has 1 aliphatic carbocycles. The van der Waals surface area contributed by atoms with Crippen molar-refractivity contribution in [1.29, 1.82) is 0 Å². The summed E-state index contributed by atoms with van der Waals surface area (Å²) >= 11 is 1.92. The monoisotopic (exact) mass is 265 g/mol. The van der Waals surface area contributed by atoms with Crippen molar-refractivity contribution in [3.05, 3.63) is 24.0 Å². The van der Waals surface area contributed by atoms with E-state index in [1.807, 2.05) is 23.9 Å². The van der Waals surface area contributed by atoms with Gasteiger partial charge in [0.1, 0.15) is 5.69 Å². The molecule has 18 heavy (non-hydrogen) atoms. The Labute approximate surface area is 112 Å². The van der Waals surface area contributed by atoms with Crippen molar-refractivity contribution < 1.29 is 4.79 Å². The van der Waals surface area contributed by atoms with Crippen molar-refractivity contribution in [2.45, 2.75) is 17.6 Å². The molecule has 0 bridgehead atoms. The minimum atomic E-state index is -0.0651. The maximum absolute atomic E-state index is 11.8. The second kappa shape index (κ2) is 5.18. The third kappa shape index (κ3) is 2.96. The fourth-order valence-corrected chi connectivity index (χ4v) is 2.47. The molecule has 1 fully saturated rings. The zero-order chi connectivity index (χ0) is 13.2. The fourth-order valence-electron chi connectivity index (χ4n) is 1.74. The summed E-state index contributed by atoms with van der Waals surface area (Å²) in [4.78, 5) is 17.4. The predicted molar refractivity (Wildman–Crippen MR) is 76.2 cm³/mol. The quantitative estimate of drug-likeness (QED) is 0.885. The van der Waals surface area contributed by atoms with Gasteiger partial charge >= 0.3 is 0 Å². The number of anilines is 1. The Hall–Kier alpha value is -1.23. The number of pyridine rings is 1. The predicted octanol–water partition coefficient (Wildman–Crippen LogP) is 2.09. The van der Waals surface area contributed by atoms with Crippen LogP contribution in [-0.2, 0) is 0 Å². The molecule has 0 aromatic carbocycles. The zero-order valence-electron chi connectivity index (χ0n) is 11.1. The zero-order valence-corrected chi connectivity index (χ0v) is 11.9. The van der Waals surface area contributed by atoms with Gasteiger partial charge in [-0.3, -0.25) is 9.78 Å². The molecule has 1 aliphatic rings. The summed E-state index contributed by atoms with van der Waals surface area (Å²) in [5.41, 5.74) is 1.45. The Morgan fingerprint density at radius 2 is 2.28 bits per heavy atom. The van der Waals surface area contributed by atoms with Gasteiger partial charge in [-0.15, -0.1) is 0 Å². The third-order valence-electron chi connectivity index (χ3n) is 3.24. The van der Waals surface area contributed by atoms with Gasteiger partial charge in [0.15, 0.2) is 0 Å². The number of carbonyl (C=O) groups is 1. The van der Waals surface area contributed by atoms with Gasteiger partial charge in [0.2, 0.25) is 0 Å². The largest absolute Gasteiger partial charge is 0.384 e. The SMILES string of the molecule is CSC1(CNc2ccnc(C(=O)N(C)C)c2)CC1. The van der Waals surface area contributed by atoms with Crippen LogP contribution in [-0.4, -0.2) is 47.4 Å². The van der Waals surface area contributed by atoms with Gasteiger partial charge in [0.05, 0.1) is 0 Å². The molecule has 98 valence electrons. The molecule has 4 nitrogen and oxygen atoms in total. The first kappa shape index (κ1) is 13.2. The Bertz CT molecular complexity index is 444. The molecular formula is C13H19N3OS. The standard InChI is InChI=1S/C13H19N3OS/c1-16(2)12(17)11-8-10(4-7-14-11)15-9-13(18-3)5-6-13/h4,7-8H,5-6,9H2,1-3H3,(H,14,15). The van der Waals surface area contributed by atoms with Crippen molar-refractivity contribution in [1.82, 2.24) is 9.88 Å². The maximum Gasteiger partial charge on any atom is 0.272 e. The van der Waals surface area contributed by atoms with Gasteiger partial charge in [0.25, 0.3) is 5.91 Å². The van der Waals surface area contributed by atoms with Crippen LogP contribution in [0, 0.1) is 0 Å². The van der Waals surface area contributed by atoms with Crippen molar-refractivity contribution >= 4 is 23.4 Å². The summed E-state index contributed by atoms with van der Waals surface area (Å²) in [5, 5.41) is 3.40. The van der Waals surface area contributed by atoms with E-state index in [0.29, 0.717) is 10.4 Å². The van der Waals surface area contributed by atoms with Gasteiger partial charge in [-0.25, -0.2) is 0 Å². The van der Waals surface area contributed by atoms with E-state index in [9.17, 15) is 4.79 Å². The number of carbonyl (C=O) groups excluding carboxylic acids is 1. The van der Waals surface area contributed by atoms with Gasteiger partial charge in [-0.05, 0) is 31.2 Å². The number of aromatic nitrogens is 1. The van der Waals surface area contributed by atoms with Gasteiger partial charge in [-0.2, -0.15) is 11.8 Å². The molecule has 2 rings (SSSR count). The highest BCUT2D eigenvalue weighted by atomic mass is 32.2. The summed E-state index contributed by atoms with van der Waals surface area (Å²) in [6, 6.07) is 3.72. The summed E-state index contributed by atoms with van der Waals surface area (Å²) in [5.74, 6) is -0.0651. The van der Waals surface area contributed by atoms with E-state index in [1.165, 1.54) is 17.7 Å². The number of hydrogen-bond acceptors (Lipinski definition) is 4. The average molecular weight is 265 g/mol. The van der Waals surface area contributed by atoms with Gasteiger partial charge in [0, 0.05) is 37.3 Å². The highest BCUT2D eigenvalue weighted by Gasteiger charge is 2.41. The number of amides is 1. The number of hydrogen-bond donors (Lipinski definition) is 1.